The number of anilines is 1. The summed E-state index contributed by atoms with van der Waals surface area (Å²) in [6.07, 6.45) is 0. The third-order valence-electron chi connectivity index (χ3n) is 1.68. The van der Waals surface area contributed by atoms with Gasteiger partial charge < -0.3 is 5.32 Å². The van der Waals surface area contributed by atoms with E-state index in [0.29, 0.717) is 16.6 Å². The number of hydrogen-bond acceptors (Lipinski definition) is 1. The van der Waals surface area contributed by atoms with E-state index in [0.717, 1.165) is 11.3 Å². The predicted octanol–water partition coefficient (Wildman–Crippen LogP) is 4.55. The average Bonchev–Trinajstić information content (AvgIpc) is 2.19. The first kappa shape index (κ1) is 11.7. The molecule has 0 saturated heterocycles. The maximum absolute atomic E-state index is 5.85. The summed E-state index contributed by atoms with van der Waals surface area (Å²) in [7, 11) is 0. The molecule has 1 aromatic carbocycles. The molecule has 0 aliphatic heterocycles. The topological polar surface area (TPSA) is 12.0 Å². The molecule has 0 heterocycles. The first-order valence-electron chi connectivity index (χ1n) is 4.08. The predicted molar refractivity (Wildman–Crippen MR) is 64.6 cm³/mol. The normalized spacial score (nSPS) is 11.6. The summed E-state index contributed by atoms with van der Waals surface area (Å²) < 4.78 is 0. The lowest BCUT2D eigenvalue weighted by Gasteiger charge is -2.06. The molecule has 0 aromatic heterocycles. The van der Waals surface area contributed by atoms with Gasteiger partial charge in [0.2, 0.25) is 0 Å². The summed E-state index contributed by atoms with van der Waals surface area (Å²) in [5.74, 6) is 0. The van der Waals surface area contributed by atoms with Crippen molar-refractivity contribution >= 4 is 40.5 Å². The molecular formula is C10H10Cl3N. The van der Waals surface area contributed by atoms with Crippen molar-refractivity contribution in [2.45, 2.75) is 6.92 Å². The van der Waals surface area contributed by atoms with Gasteiger partial charge in [0.25, 0.3) is 0 Å². The number of halogens is 3. The van der Waals surface area contributed by atoms with Crippen LogP contribution in [0.2, 0.25) is 10.0 Å². The van der Waals surface area contributed by atoms with Crippen molar-refractivity contribution in [3.8, 4) is 0 Å². The Morgan fingerprint density at radius 2 is 2.07 bits per heavy atom. The summed E-state index contributed by atoms with van der Waals surface area (Å²) in [4.78, 5) is 0. The first-order chi connectivity index (χ1) is 6.63. The van der Waals surface area contributed by atoms with Crippen LogP contribution in [0.15, 0.2) is 29.3 Å². The largest absolute Gasteiger partial charge is 0.381 e. The smallest absolute Gasteiger partial charge is 0.0612 e. The summed E-state index contributed by atoms with van der Waals surface area (Å²) in [6.45, 7) is 2.64. The second-order valence-corrected chi connectivity index (χ2v) is 3.97. The van der Waals surface area contributed by atoms with Gasteiger partial charge in [0, 0.05) is 17.8 Å². The Labute approximate surface area is 98.7 Å². The van der Waals surface area contributed by atoms with Crippen LogP contribution in [0.4, 0.5) is 5.69 Å². The van der Waals surface area contributed by atoms with Crippen LogP contribution in [0, 0.1) is 0 Å². The van der Waals surface area contributed by atoms with E-state index in [4.69, 9.17) is 34.8 Å². The van der Waals surface area contributed by atoms with Crippen LogP contribution in [0.3, 0.4) is 0 Å². The van der Waals surface area contributed by atoms with E-state index in [9.17, 15) is 0 Å². The molecule has 0 fully saturated rings. The van der Waals surface area contributed by atoms with E-state index in [1.165, 1.54) is 0 Å². The van der Waals surface area contributed by atoms with Gasteiger partial charge in [-0.1, -0.05) is 34.8 Å². The van der Waals surface area contributed by atoms with Crippen LogP contribution < -0.4 is 5.32 Å². The van der Waals surface area contributed by atoms with Crippen molar-refractivity contribution in [1.29, 1.82) is 0 Å². The fraction of sp³-hybridized carbons (Fsp3) is 0.200. The number of rotatable bonds is 3. The summed E-state index contributed by atoms with van der Waals surface area (Å²) in [6, 6.07) is 5.41. The fourth-order valence-corrected chi connectivity index (χ4v) is 1.26. The van der Waals surface area contributed by atoms with Crippen LogP contribution >= 0.6 is 34.8 Å². The molecule has 0 radical (unpaired) electrons. The van der Waals surface area contributed by atoms with Crippen molar-refractivity contribution in [1.82, 2.24) is 0 Å². The maximum Gasteiger partial charge on any atom is 0.0612 e. The van der Waals surface area contributed by atoms with Gasteiger partial charge in [-0.2, -0.15) is 0 Å². The molecule has 1 rings (SSSR count). The molecule has 1 N–H and O–H groups in total. The molecule has 0 amide bonds. The minimum absolute atomic E-state index is 0.546. The van der Waals surface area contributed by atoms with Crippen molar-refractivity contribution in [3.05, 3.63) is 39.4 Å². The standard InChI is InChI=1S/C10H10Cl3N/c1-7(5-11)6-14-8-2-3-9(12)10(13)4-8/h2-5,14H,6H2,1H3/b7-5-. The molecule has 0 aliphatic rings. The number of hydrogen-bond donors (Lipinski definition) is 1. The molecule has 1 nitrogen and oxygen atoms in total. The number of nitrogens with one attached hydrogen (secondary N) is 1. The molecule has 0 spiro atoms. The minimum Gasteiger partial charge on any atom is -0.381 e. The summed E-state index contributed by atoms with van der Waals surface area (Å²) in [5, 5.41) is 4.27. The Balaban J connectivity index is 2.64. The first-order valence-corrected chi connectivity index (χ1v) is 5.27. The van der Waals surface area contributed by atoms with Crippen LogP contribution in [0.5, 0.6) is 0 Å². The zero-order valence-electron chi connectivity index (χ0n) is 7.65. The monoisotopic (exact) mass is 249 g/mol. The third-order valence-corrected chi connectivity index (χ3v) is 2.79. The second-order valence-electron chi connectivity index (χ2n) is 2.94. The molecule has 4 heteroatoms. The lowest BCUT2D eigenvalue weighted by molar-refractivity contribution is 1.21. The lowest BCUT2D eigenvalue weighted by Crippen LogP contribution is -2.01. The van der Waals surface area contributed by atoms with E-state index >= 15 is 0 Å². The molecule has 1 aromatic rings. The van der Waals surface area contributed by atoms with Crippen LogP contribution in [0.1, 0.15) is 6.92 Å². The highest BCUT2D eigenvalue weighted by Gasteiger charge is 1.98. The molecule has 0 saturated carbocycles. The van der Waals surface area contributed by atoms with E-state index < -0.39 is 0 Å². The van der Waals surface area contributed by atoms with Crippen molar-refractivity contribution in [2.24, 2.45) is 0 Å². The fourth-order valence-electron chi connectivity index (χ4n) is 0.886. The lowest BCUT2D eigenvalue weighted by atomic mass is 10.3. The van der Waals surface area contributed by atoms with Crippen molar-refractivity contribution in [3.63, 3.8) is 0 Å². The zero-order valence-corrected chi connectivity index (χ0v) is 9.92. The SMILES string of the molecule is C/C(=C/Cl)CNc1ccc(Cl)c(Cl)c1. The highest BCUT2D eigenvalue weighted by Crippen LogP contribution is 2.24. The van der Waals surface area contributed by atoms with Crippen molar-refractivity contribution < 1.29 is 0 Å². The quantitative estimate of drug-likeness (QED) is 0.830. The van der Waals surface area contributed by atoms with Gasteiger partial charge in [-0.25, -0.2) is 0 Å². The van der Waals surface area contributed by atoms with Crippen LogP contribution in [-0.4, -0.2) is 6.54 Å². The Hall–Kier alpha value is -0.370. The van der Waals surface area contributed by atoms with Crippen LogP contribution in [0.25, 0.3) is 0 Å². The molecule has 14 heavy (non-hydrogen) atoms. The Morgan fingerprint density at radius 1 is 1.36 bits per heavy atom. The Bertz CT molecular complexity index is 347. The number of benzene rings is 1. The summed E-state index contributed by atoms with van der Waals surface area (Å²) >= 11 is 17.2. The molecule has 0 atom stereocenters. The Morgan fingerprint density at radius 3 is 2.64 bits per heavy atom. The van der Waals surface area contributed by atoms with Crippen LogP contribution in [-0.2, 0) is 0 Å². The van der Waals surface area contributed by atoms with Gasteiger partial charge in [-0.3, -0.25) is 0 Å². The van der Waals surface area contributed by atoms with Gasteiger partial charge in [0.05, 0.1) is 10.0 Å². The third kappa shape index (κ3) is 3.41. The van der Waals surface area contributed by atoms with E-state index in [-0.39, 0.29) is 0 Å². The van der Waals surface area contributed by atoms with E-state index in [2.05, 4.69) is 5.32 Å². The molecule has 0 bridgehead atoms. The van der Waals surface area contributed by atoms with Gasteiger partial charge in [0.15, 0.2) is 0 Å². The van der Waals surface area contributed by atoms with Gasteiger partial charge >= 0.3 is 0 Å². The zero-order chi connectivity index (χ0) is 10.6. The van der Waals surface area contributed by atoms with E-state index in [1.807, 2.05) is 13.0 Å². The second kappa shape index (κ2) is 5.50. The average molecular weight is 251 g/mol. The molecular weight excluding hydrogens is 240 g/mol. The van der Waals surface area contributed by atoms with Gasteiger partial charge in [-0.05, 0) is 30.7 Å². The van der Waals surface area contributed by atoms with Crippen molar-refractivity contribution in [2.75, 3.05) is 11.9 Å². The summed E-state index contributed by atoms with van der Waals surface area (Å²) in [5.41, 5.74) is 3.53. The maximum atomic E-state index is 5.85. The van der Waals surface area contributed by atoms with Gasteiger partial charge in [-0.15, -0.1) is 0 Å². The molecule has 0 unspecified atom stereocenters. The Kier molecular flexibility index (Phi) is 4.59. The minimum atomic E-state index is 0.546. The molecule has 0 aliphatic carbocycles. The van der Waals surface area contributed by atoms with Gasteiger partial charge in [0.1, 0.15) is 0 Å². The molecule has 76 valence electrons. The highest BCUT2D eigenvalue weighted by molar-refractivity contribution is 6.42. The van der Waals surface area contributed by atoms with E-state index in [1.54, 1.807) is 17.7 Å². The highest BCUT2D eigenvalue weighted by atomic mass is 35.5.